The molecule has 0 bridgehead atoms. The molecule has 2 aromatic rings. The van der Waals surface area contributed by atoms with Crippen molar-refractivity contribution in [1.82, 2.24) is 9.88 Å². The van der Waals surface area contributed by atoms with Gasteiger partial charge in [0.2, 0.25) is 5.91 Å². The molecule has 0 radical (unpaired) electrons. The van der Waals surface area contributed by atoms with Gasteiger partial charge in [-0.2, -0.15) is 0 Å². The van der Waals surface area contributed by atoms with Crippen LogP contribution in [0, 0.1) is 5.92 Å². The summed E-state index contributed by atoms with van der Waals surface area (Å²) in [6.07, 6.45) is 6.00. The first-order valence-corrected chi connectivity index (χ1v) is 10.8. The van der Waals surface area contributed by atoms with Crippen molar-refractivity contribution in [2.75, 3.05) is 31.1 Å². The van der Waals surface area contributed by atoms with Crippen LogP contribution in [0.4, 0.5) is 5.69 Å². The summed E-state index contributed by atoms with van der Waals surface area (Å²) in [4.78, 5) is 32.4. The fraction of sp³-hybridized carbons (Fsp3) is 0.458. The molecule has 0 atom stereocenters. The number of amides is 1. The first kappa shape index (κ1) is 20.5. The van der Waals surface area contributed by atoms with Crippen molar-refractivity contribution in [2.45, 2.75) is 37.7 Å². The van der Waals surface area contributed by atoms with E-state index in [-0.39, 0.29) is 11.8 Å². The molecule has 2 aliphatic heterocycles. The lowest BCUT2D eigenvalue weighted by Gasteiger charge is -2.41. The van der Waals surface area contributed by atoms with Gasteiger partial charge in [0, 0.05) is 61.7 Å². The van der Waals surface area contributed by atoms with E-state index in [0.717, 1.165) is 43.6 Å². The van der Waals surface area contributed by atoms with E-state index in [4.69, 9.17) is 0 Å². The minimum atomic E-state index is -0.776. The molecule has 0 spiro atoms. The average Bonchev–Trinajstić information content (AvgIpc) is 2.80. The predicted molar refractivity (Wildman–Crippen MR) is 115 cm³/mol. The molecular formula is C24H29N3O3. The van der Waals surface area contributed by atoms with Gasteiger partial charge in [0.05, 0.1) is 5.60 Å². The Hall–Kier alpha value is -2.73. The van der Waals surface area contributed by atoms with Crippen molar-refractivity contribution < 1.29 is 14.7 Å². The summed E-state index contributed by atoms with van der Waals surface area (Å²) in [5.41, 5.74) is 1.90. The van der Waals surface area contributed by atoms with Gasteiger partial charge in [-0.15, -0.1) is 0 Å². The van der Waals surface area contributed by atoms with Crippen LogP contribution in [0.25, 0.3) is 0 Å². The van der Waals surface area contributed by atoms with E-state index in [0.29, 0.717) is 37.9 Å². The molecule has 2 fully saturated rings. The van der Waals surface area contributed by atoms with Gasteiger partial charge in [-0.05, 0) is 62.1 Å². The lowest BCUT2D eigenvalue weighted by Crippen LogP contribution is -2.50. The molecule has 0 unspecified atom stereocenters. The lowest BCUT2D eigenvalue weighted by atomic mass is 9.85. The largest absolute Gasteiger partial charge is 0.389 e. The summed E-state index contributed by atoms with van der Waals surface area (Å²) in [6.45, 7) is 2.90. The molecule has 1 aromatic heterocycles. The zero-order valence-electron chi connectivity index (χ0n) is 17.2. The average molecular weight is 408 g/mol. The molecule has 3 heterocycles. The van der Waals surface area contributed by atoms with E-state index in [2.05, 4.69) is 9.88 Å². The van der Waals surface area contributed by atoms with Crippen molar-refractivity contribution in [1.29, 1.82) is 0 Å². The van der Waals surface area contributed by atoms with Crippen LogP contribution in [0.1, 0.15) is 41.7 Å². The topological polar surface area (TPSA) is 73.7 Å². The third-order valence-electron chi connectivity index (χ3n) is 6.48. The number of likely N-dealkylation sites (tertiary alicyclic amines) is 1. The number of aromatic nitrogens is 1. The van der Waals surface area contributed by atoms with Gasteiger partial charge in [-0.1, -0.05) is 6.07 Å². The maximum Gasteiger partial charge on any atom is 0.225 e. The monoisotopic (exact) mass is 407 g/mol. The molecule has 4 rings (SSSR count). The molecule has 1 aromatic carbocycles. The summed E-state index contributed by atoms with van der Waals surface area (Å²) in [6, 6.07) is 13.4. The van der Waals surface area contributed by atoms with Crippen LogP contribution in [0.5, 0.6) is 0 Å². The van der Waals surface area contributed by atoms with Crippen molar-refractivity contribution in [3.63, 3.8) is 0 Å². The highest BCUT2D eigenvalue weighted by atomic mass is 16.3. The fourth-order valence-corrected chi connectivity index (χ4v) is 4.57. The molecule has 2 aliphatic rings. The number of rotatable bonds is 5. The summed E-state index contributed by atoms with van der Waals surface area (Å²) in [5, 5.41) is 10.9. The summed E-state index contributed by atoms with van der Waals surface area (Å²) in [7, 11) is 0. The number of benzene rings is 1. The molecule has 1 amide bonds. The second kappa shape index (κ2) is 8.96. The normalized spacial score (nSPS) is 19.5. The molecule has 6 heteroatoms. The zero-order chi connectivity index (χ0) is 21.0. The van der Waals surface area contributed by atoms with Crippen molar-refractivity contribution in [3.8, 4) is 0 Å². The number of pyridine rings is 1. The Morgan fingerprint density at radius 2 is 1.77 bits per heavy atom. The van der Waals surface area contributed by atoms with E-state index in [1.54, 1.807) is 6.20 Å². The third kappa shape index (κ3) is 4.70. The third-order valence-corrected chi connectivity index (χ3v) is 6.48. The molecule has 158 valence electrons. The van der Waals surface area contributed by atoms with Crippen LogP contribution in [-0.4, -0.2) is 59.0 Å². The Morgan fingerprint density at radius 3 is 2.37 bits per heavy atom. The molecule has 1 N–H and O–H groups in total. The Bertz CT molecular complexity index is 853. The fourth-order valence-electron chi connectivity index (χ4n) is 4.57. The van der Waals surface area contributed by atoms with Gasteiger partial charge >= 0.3 is 0 Å². The smallest absolute Gasteiger partial charge is 0.225 e. The summed E-state index contributed by atoms with van der Waals surface area (Å²) >= 11 is 0. The van der Waals surface area contributed by atoms with E-state index in [1.165, 1.54) is 0 Å². The number of carbonyl (C=O) groups is 2. The van der Waals surface area contributed by atoms with E-state index in [9.17, 15) is 14.7 Å². The van der Waals surface area contributed by atoms with Gasteiger partial charge in [0.1, 0.15) is 6.29 Å². The molecule has 30 heavy (non-hydrogen) atoms. The predicted octanol–water partition coefficient (Wildman–Crippen LogP) is 2.71. The molecule has 2 saturated heterocycles. The van der Waals surface area contributed by atoms with Crippen LogP contribution >= 0.6 is 0 Å². The maximum atomic E-state index is 13.0. The molecule has 0 aliphatic carbocycles. The van der Waals surface area contributed by atoms with Crippen molar-refractivity contribution in [3.05, 3.63) is 59.9 Å². The molecule has 6 nitrogen and oxygen atoms in total. The van der Waals surface area contributed by atoms with E-state index < -0.39 is 5.60 Å². The summed E-state index contributed by atoms with van der Waals surface area (Å²) < 4.78 is 0. The standard InChI is InChI=1S/C24H29N3O3/c28-18-19-4-6-22(7-5-19)26-13-8-20(9-14-26)23(29)27-15-10-24(30,11-16-27)17-21-3-1-2-12-25-21/h1-7,12,18,20,30H,8-11,13-17H2. The lowest BCUT2D eigenvalue weighted by molar-refractivity contribution is -0.140. The Balaban J connectivity index is 1.27. The van der Waals surface area contributed by atoms with Crippen LogP contribution in [-0.2, 0) is 11.2 Å². The first-order chi connectivity index (χ1) is 14.6. The van der Waals surface area contributed by atoms with Crippen molar-refractivity contribution >= 4 is 17.9 Å². The second-order valence-corrected chi connectivity index (χ2v) is 8.52. The van der Waals surface area contributed by atoms with Gasteiger partial charge < -0.3 is 14.9 Å². The highest BCUT2D eigenvalue weighted by molar-refractivity contribution is 5.79. The van der Waals surface area contributed by atoms with E-state index in [1.807, 2.05) is 47.4 Å². The molecular weight excluding hydrogens is 378 g/mol. The highest BCUT2D eigenvalue weighted by Gasteiger charge is 2.36. The summed E-state index contributed by atoms with van der Waals surface area (Å²) in [5.74, 6) is 0.281. The molecule has 0 saturated carbocycles. The number of piperidine rings is 2. The highest BCUT2D eigenvalue weighted by Crippen LogP contribution is 2.29. The number of anilines is 1. The quantitative estimate of drug-likeness (QED) is 0.772. The second-order valence-electron chi connectivity index (χ2n) is 8.52. The van der Waals surface area contributed by atoms with Gasteiger partial charge in [-0.3, -0.25) is 14.6 Å². The maximum absolute atomic E-state index is 13.0. The zero-order valence-corrected chi connectivity index (χ0v) is 17.2. The van der Waals surface area contributed by atoms with Crippen molar-refractivity contribution in [2.24, 2.45) is 5.92 Å². The number of nitrogens with zero attached hydrogens (tertiary/aromatic N) is 3. The number of aliphatic hydroxyl groups is 1. The van der Waals surface area contributed by atoms with Crippen LogP contribution < -0.4 is 4.90 Å². The number of aldehydes is 1. The number of hydrogen-bond donors (Lipinski definition) is 1. The van der Waals surface area contributed by atoms with Crippen LogP contribution in [0.15, 0.2) is 48.7 Å². The van der Waals surface area contributed by atoms with E-state index >= 15 is 0 Å². The number of carbonyl (C=O) groups excluding carboxylic acids is 2. The first-order valence-electron chi connectivity index (χ1n) is 10.8. The Labute approximate surface area is 177 Å². The van der Waals surface area contributed by atoms with Gasteiger partial charge in [0.25, 0.3) is 0 Å². The van der Waals surface area contributed by atoms with Gasteiger partial charge in [-0.25, -0.2) is 0 Å². The Kier molecular flexibility index (Phi) is 6.13. The minimum absolute atomic E-state index is 0.0532. The van der Waals surface area contributed by atoms with Crippen LogP contribution in [0.2, 0.25) is 0 Å². The SMILES string of the molecule is O=Cc1ccc(N2CCC(C(=O)N3CCC(O)(Cc4ccccn4)CC3)CC2)cc1. The Morgan fingerprint density at radius 1 is 1.07 bits per heavy atom. The van der Waals surface area contributed by atoms with Gasteiger partial charge in [0.15, 0.2) is 0 Å². The van der Waals surface area contributed by atoms with Crippen LogP contribution in [0.3, 0.4) is 0 Å². The number of hydrogen-bond acceptors (Lipinski definition) is 5. The minimum Gasteiger partial charge on any atom is -0.389 e.